The first kappa shape index (κ1) is 24.2. The van der Waals surface area contributed by atoms with E-state index in [1.54, 1.807) is 43.3 Å². The molecule has 3 aromatic carbocycles. The Kier molecular flexibility index (Phi) is 7.63. The van der Waals surface area contributed by atoms with E-state index in [0.717, 1.165) is 11.1 Å². The zero-order chi connectivity index (χ0) is 24.0. The first-order chi connectivity index (χ1) is 15.6. The molecule has 2 amide bonds. The Hall–Kier alpha value is -3.49. The molecule has 3 rings (SSSR count). The van der Waals surface area contributed by atoms with Crippen LogP contribution in [0.3, 0.4) is 0 Å². The summed E-state index contributed by atoms with van der Waals surface area (Å²) in [6.07, 6.45) is 0. The minimum atomic E-state index is -3.95. The Bertz CT molecular complexity index is 1260. The molecule has 0 saturated heterocycles. The maximum atomic E-state index is 13.6. The van der Waals surface area contributed by atoms with E-state index in [4.69, 9.17) is 0 Å². The van der Waals surface area contributed by atoms with Crippen LogP contribution in [0.1, 0.15) is 23.6 Å². The number of rotatable bonds is 8. The Labute approximate surface area is 194 Å². The van der Waals surface area contributed by atoms with Gasteiger partial charge < -0.3 is 10.6 Å². The van der Waals surface area contributed by atoms with E-state index in [1.165, 1.54) is 11.2 Å². The van der Waals surface area contributed by atoms with Crippen LogP contribution in [0.2, 0.25) is 0 Å². The number of carbonyl (C=O) groups is 2. The topological polar surface area (TPSA) is 95.6 Å². The Morgan fingerprint density at radius 1 is 0.848 bits per heavy atom. The standard InChI is InChI=1S/C25H27N3O4S/c1-18-12-13-19(2)24(14-18)33(31,32)28(16-21-8-5-4-6-9-21)17-25(30)27-23-11-7-10-22(15-23)26-20(3)29/h4-15H,16-17H2,1-3H3,(H,26,29)(H,27,30). The molecule has 0 unspecified atom stereocenters. The van der Waals surface area contributed by atoms with Crippen LogP contribution in [0.15, 0.2) is 77.7 Å². The van der Waals surface area contributed by atoms with Gasteiger partial charge in [-0.25, -0.2) is 8.42 Å². The van der Waals surface area contributed by atoms with Gasteiger partial charge in [-0.3, -0.25) is 9.59 Å². The highest BCUT2D eigenvalue weighted by Gasteiger charge is 2.28. The van der Waals surface area contributed by atoms with Crippen LogP contribution in [-0.2, 0) is 26.2 Å². The van der Waals surface area contributed by atoms with Gasteiger partial charge in [-0.1, -0.05) is 48.5 Å². The van der Waals surface area contributed by atoms with Crippen molar-refractivity contribution in [2.75, 3.05) is 17.2 Å². The average Bonchev–Trinajstić information content (AvgIpc) is 2.75. The van der Waals surface area contributed by atoms with Crippen molar-refractivity contribution in [1.29, 1.82) is 0 Å². The molecule has 0 heterocycles. The van der Waals surface area contributed by atoms with E-state index in [2.05, 4.69) is 10.6 Å². The van der Waals surface area contributed by atoms with E-state index in [0.29, 0.717) is 16.9 Å². The second-order valence-electron chi connectivity index (χ2n) is 7.84. The molecule has 172 valence electrons. The smallest absolute Gasteiger partial charge is 0.244 e. The molecule has 0 radical (unpaired) electrons. The normalized spacial score (nSPS) is 11.3. The number of hydrogen-bond acceptors (Lipinski definition) is 4. The molecular weight excluding hydrogens is 438 g/mol. The highest BCUT2D eigenvalue weighted by atomic mass is 32.2. The summed E-state index contributed by atoms with van der Waals surface area (Å²) in [7, 11) is -3.95. The summed E-state index contributed by atoms with van der Waals surface area (Å²) in [6.45, 7) is 4.64. The summed E-state index contributed by atoms with van der Waals surface area (Å²) in [5, 5.41) is 5.38. The summed E-state index contributed by atoms with van der Waals surface area (Å²) in [6, 6.07) is 21.0. The van der Waals surface area contributed by atoms with Gasteiger partial charge in [-0.05, 0) is 54.8 Å². The van der Waals surface area contributed by atoms with Crippen molar-refractivity contribution in [3.05, 3.63) is 89.5 Å². The van der Waals surface area contributed by atoms with Crippen molar-refractivity contribution >= 4 is 33.2 Å². The number of nitrogens with zero attached hydrogens (tertiary/aromatic N) is 1. The number of aryl methyl sites for hydroxylation is 2. The third kappa shape index (κ3) is 6.50. The van der Waals surface area contributed by atoms with Gasteiger partial charge in [-0.2, -0.15) is 4.31 Å². The summed E-state index contributed by atoms with van der Waals surface area (Å²) < 4.78 is 28.3. The predicted molar refractivity (Wildman–Crippen MR) is 129 cm³/mol. The zero-order valence-corrected chi connectivity index (χ0v) is 19.6. The molecule has 0 aliphatic heterocycles. The molecule has 2 N–H and O–H groups in total. The molecule has 0 aromatic heterocycles. The van der Waals surface area contributed by atoms with Gasteiger partial charge >= 0.3 is 0 Å². The van der Waals surface area contributed by atoms with Crippen LogP contribution in [0.5, 0.6) is 0 Å². The third-order valence-electron chi connectivity index (χ3n) is 4.95. The second kappa shape index (κ2) is 10.4. The van der Waals surface area contributed by atoms with Crippen molar-refractivity contribution < 1.29 is 18.0 Å². The Morgan fingerprint density at radius 3 is 2.18 bits per heavy atom. The summed E-state index contributed by atoms with van der Waals surface area (Å²) in [5.74, 6) is -0.716. The highest BCUT2D eigenvalue weighted by Crippen LogP contribution is 2.23. The van der Waals surface area contributed by atoms with Gasteiger partial charge in [-0.15, -0.1) is 0 Å². The minimum Gasteiger partial charge on any atom is -0.326 e. The molecule has 33 heavy (non-hydrogen) atoms. The molecule has 7 nitrogen and oxygen atoms in total. The fourth-order valence-corrected chi connectivity index (χ4v) is 5.07. The first-order valence-electron chi connectivity index (χ1n) is 10.4. The lowest BCUT2D eigenvalue weighted by Crippen LogP contribution is -2.38. The van der Waals surface area contributed by atoms with Crippen LogP contribution in [0.4, 0.5) is 11.4 Å². The molecule has 0 saturated carbocycles. The van der Waals surface area contributed by atoms with E-state index >= 15 is 0 Å². The SMILES string of the molecule is CC(=O)Nc1cccc(NC(=O)CN(Cc2ccccc2)S(=O)(=O)c2cc(C)ccc2C)c1. The molecule has 0 aliphatic carbocycles. The Morgan fingerprint density at radius 2 is 1.52 bits per heavy atom. The molecule has 0 spiro atoms. The van der Waals surface area contributed by atoms with E-state index in [-0.39, 0.29) is 23.9 Å². The predicted octanol–water partition coefficient (Wildman–Crippen LogP) is 4.09. The van der Waals surface area contributed by atoms with Crippen molar-refractivity contribution in [3.8, 4) is 0 Å². The largest absolute Gasteiger partial charge is 0.326 e. The zero-order valence-electron chi connectivity index (χ0n) is 18.8. The third-order valence-corrected chi connectivity index (χ3v) is 6.88. The van der Waals surface area contributed by atoms with E-state index in [9.17, 15) is 18.0 Å². The van der Waals surface area contributed by atoms with Gasteiger partial charge in [0, 0.05) is 24.8 Å². The maximum Gasteiger partial charge on any atom is 0.244 e. The molecule has 3 aromatic rings. The molecule has 0 bridgehead atoms. The lowest BCUT2D eigenvalue weighted by Gasteiger charge is -2.23. The van der Waals surface area contributed by atoms with Crippen molar-refractivity contribution in [1.82, 2.24) is 4.31 Å². The number of amides is 2. The summed E-state index contributed by atoms with van der Waals surface area (Å²) >= 11 is 0. The van der Waals surface area contributed by atoms with Gasteiger partial charge in [0.05, 0.1) is 11.4 Å². The number of sulfonamides is 1. The quantitative estimate of drug-likeness (QED) is 0.524. The second-order valence-corrected chi connectivity index (χ2v) is 9.74. The van der Waals surface area contributed by atoms with E-state index in [1.807, 2.05) is 43.3 Å². The lowest BCUT2D eigenvalue weighted by molar-refractivity contribution is -0.116. The van der Waals surface area contributed by atoms with Crippen LogP contribution in [0.25, 0.3) is 0 Å². The maximum absolute atomic E-state index is 13.6. The molecule has 8 heteroatoms. The average molecular weight is 466 g/mol. The Balaban J connectivity index is 1.88. The number of benzene rings is 3. The highest BCUT2D eigenvalue weighted by molar-refractivity contribution is 7.89. The number of anilines is 2. The molecule has 0 aliphatic rings. The molecule has 0 atom stereocenters. The van der Waals surface area contributed by atoms with Crippen LogP contribution < -0.4 is 10.6 Å². The molecule has 0 fully saturated rings. The lowest BCUT2D eigenvalue weighted by atomic mass is 10.2. The van der Waals surface area contributed by atoms with Gasteiger partial charge in [0.2, 0.25) is 21.8 Å². The van der Waals surface area contributed by atoms with Crippen LogP contribution in [-0.4, -0.2) is 31.1 Å². The monoisotopic (exact) mass is 465 g/mol. The van der Waals surface area contributed by atoms with Crippen LogP contribution in [0, 0.1) is 13.8 Å². The van der Waals surface area contributed by atoms with Crippen molar-refractivity contribution in [2.24, 2.45) is 0 Å². The van der Waals surface area contributed by atoms with Crippen molar-refractivity contribution in [3.63, 3.8) is 0 Å². The van der Waals surface area contributed by atoms with Gasteiger partial charge in [0.1, 0.15) is 0 Å². The van der Waals surface area contributed by atoms with E-state index < -0.39 is 15.9 Å². The summed E-state index contributed by atoms with van der Waals surface area (Å²) in [5.41, 5.74) is 3.19. The molecular formula is C25H27N3O4S. The van der Waals surface area contributed by atoms with Gasteiger partial charge in [0.25, 0.3) is 0 Å². The van der Waals surface area contributed by atoms with Crippen molar-refractivity contribution in [2.45, 2.75) is 32.2 Å². The number of hydrogen-bond donors (Lipinski definition) is 2. The van der Waals surface area contributed by atoms with Gasteiger partial charge in [0.15, 0.2) is 0 Å². The van der Waals surface area contributed by atoms with Crippen LogP contribution >= 0.6 is 0 Å². The number of carbonyl (C=O) groups excluding carboxylic acids is 2. The fourth-order valence-electron chi connectivity index (χ4n) is 3.38. The number of nitrogens with one attached hydrogen (secondary N) is 2. The minimum absolute atomic E-state index is 0.0515. The fraction of sp³-hybridized carbons (Fsp3) is 0.200. The first-order valence-corrected chi connectivity index (χ1v) is 11.9. The summed E-state index contributed by atoms with van der Waals surface area (Å²) in [4.78, 5) is 24.3.